The van der Waals surface area contributed by atoms with E-state index >= 15 is 0 Å². The van der Waals surface area contributed by atoms with Crippen molar-refractivity contribution >= 4 is 0 Å². The van der Waals surface area contributed by atoms with Gasteiger partial charge in [0.05, 0.1) is 11.7 Å². The SMILES string of the molecule is Cc1nc(CCNCC2CCC(C)(C)O2)no1. The van der Waals surface area contributed by atoms with E-state index in [1.807, 2.05) is 0 Å². The lowest BCUT2D eigenvalue weighted by molar-refractivity contribution is -0.0140. The lowest BCUT2D eigenvalue weighted by Crippen LogP contribution is -2.30. The van der Waals surface area contributed by atoms with Crippen molar-refractivity contribution in [3.8, 4) is 0 Å². The molecular formula is C12H21N3O2. The molecule has 0 aliphatic carbocycles. The van der Waals surface area contributed by atoms with Crippen LogP contribution in [0.1, 0.15) is 38.4 Å². The van der Waals surface area contributed by atoms with Crippen molar-refractivity contribution in [3.63, 3.8) is 0 Å². The summed E-state index contributed by atoms with van der Waals surface area (Å²) in [5.41, 5.74) is 0.0527. The quantitative estimate of drug-likeness (QED) is 0.788. The number of hydrogen-bond acceptors (Lipinski definition) is 5. The van der Waals surface area contributed by atoms with Crippen LogP contribution in [0.2, 0.25) is 0 Å². The van der Waals surface area contributed by atoms with Crippen molar-refractivity contribution in [2.45, 2.75) is 51.7 Å². The Kier molecular flexibility index (Phi) is 3.79. The Morgan fingerprint density at radius 2 is 2.29 bits per heavy atom. The van der Waals surface area contributed by atoms with E-state index in [1.54, 1.807) is 6.92 Å². The number of hydrogen-bond donors (Lipinski definition) is 1. The zero-order valence-corrected chi connectivity index (χ0v) is 10.8. The molecule has 0 amide bonds. The van der Waals surface area contributed by atoms with Crippen LogP contribution in [-0.4, -0.2) is 34.9 Å². The summed E-state index contributed by atoms with van der Waals surface area (Å²) in [7, 11) is 0. The van der Waals surface area contributed by atoms with E-state index in [0.29, 0.717) is 12.0 Å². The number of nitrogens with one attached hydrogen (secondary N) is 1. The van der Waals surface area contributed by atoms with E-state index < -0.39 is 0 Å². The minimum Gasteiger partial charge on any atom is -0.371 e. The van der Waals surface area contributed by atoms with Crippen LogP contribution in [0, 0.1) is 6.92 Å². The predicted molar refractivity (Wildman–Crippen MR) is 63.8 cm³/mol. The van der Waals surface area contributed by atoms with Gasteiger partial charge in [0.25, 0.3) is 0 Å². The van der Waals surface area contributed by atoms with Crippen molar-refractivity contribution in [2.75, 3.05) is 13.1 Å². The summed E-state index contributed by atoms with van der Waals surface area (Å²) in [5, 5.41) is 7.23. The molecule has 1 N–H and O–H groups in total. The zero-order chi connectivity index (χ0) is 12.3. The van der Waals surface area contributed by atoms with E-state index in [4.69, 9.17) is 9.26 Å². The maximum absolute atomic E-state index is 5.89. The maximum atomic E-state index is 5.89. The fourth-order valence-electron chi connectivity index (χ4n) is 2.13. The van der Waals surface area contributed by atoms with E-state index in [0.717, 1.165) is 38.2 Å². The molecule has 1 aromatic heterocycles. The maximum Gasteiger partial charge on any atom is 0.223 e. The second kappa shape index (κ2) is 5.14. The van der Waals surface area contributed by atoms with Gasteiger partial charge in [0, 0.05) is 26.4 Å². The van der Waals surface area contributed by atoms with Gasteiger partial charge >= 0.3 is 0 Å². The first-order valence-corrected chi connectivity index (χ1v) is 6.23. The Balaban J connectivity index is 1.61. The average molecular weight is 239 g/mol. The molecule has 0 radical (unpaired) electrons. The molecular weight excluding hydrogens is 218 g/mol. The summed E-state index contributed by atoms with van der Waals surface area (Å²) in [5.74, 6) is 1.39. The Hall–Kier alpha value is -0.940. The molecule has 0 aromatic carbocycles. The van der Waals surface area contributed by atoms with E-state index in [1.165, 1.54) is 0 Å². The van der Waals surface area contributed by atoms with Crippen molar-refractivity contribution in [1.82, 2.24) is 15.5 Å². The van der Waals surface area contributed by atoms with E-state index in [2.05, 4.69) is 29.3 Å². The molecule has 17 heavy (non-hydrogen) atoms. The lowest BCUT2D eigenvalue weighted by atomic mass is 10.1. The standard InChI is InChI=1S/C12H21N3O2/c1-9-14-11(15-17-9)5-7-13-8-10-4-6-12(2,3)16-10/h10,13H,4-8H2,1-3H3. The van der Waals surface area contributed by atoms with Crippen LogP contribution in [0.5, 0.6) is 0 Å². The third kappa shape index (κ3) is 3.78. The van der Waals surface area contributed by atoms with Crippen LogP contribution in [0.15, 0.2) is 4.52 Å². The molecule has 2 heterocycles. The highest BCUT2D eigenvalue weighted by Gasteiger charge is 2.30. The minimum absolute atomic E-state index is 0.0527. The van der Waals surface area contributed by atoms with Gasteiger partial charge in [-0.05, 0) is 26.7 Å². The molecule has 2 rings (SSSR count). The fourth-order valence-corrected chi connectivity index (χ4v) is 2.13. The van der Waals surface area contributed by atoms with Gasteiger partial charge in [-0.3, -0.25) is 0 Å². The van der Waals surface area contributed by atoms with Gasteiger partial charge in [-0.1, -0.05) is 5.16 Å². The summed E-state index contributed by atoms with van der Waals surface area (Å²) in [6.07, 6.45) is 3.43. The van der Waals surface area contributed by atoms with Gasteiger partial charge in [-0.25, -0.2) is 0 Å². The molecule has 1 atom stereocenters. The van der Waals surface area contributed by atoms with Crippen molar-refractivity contribution in [3.05, 3.63) is 11.7 Å². The Morgan fingerprint density at radius 1 is 1.47 bits per heavy atom. The summed E-state index contributed by atoms with van der Waals surface area (Å²) >= 11 is 0. The summed E-state index contributed by atoms with van der Waals surface area (Å²) in [6, 6.07) is 0. The fraction of sp³-hybridized carbons (Fsp3) is 0.833. The second-order valence-electron chi connectivity index (χ2n) is 5.22. The Labute approximate surface area is 102 Å². The normalized spacial score (nSPS) is 23.1. The summed E-state index contributed by atoms with van der Waals surface area (Å²) < 4.78 is 10.8. The van der Waals surface area contributed by atoms with Gasteiger partial charge in [-0.2, -0.15) is 4.98 Å². The number of aromatic nitrogens is 2. The van der Waals surface area contributed by atoms with Gasteiger partial charge < -0.3 is 14.6 Å². The lowest BCUT2D eigenvalue weighted by Gasteiger charge is -2.19. The Morgan fingerprint density at radius 3 is 2.88 bits per heavy atom. The van der Waals surface area contributed by atoms with Crippen molar-refractivity contribution < 1.29 is 9.26 Å². The number of ether oxygens (including phenoxy) is 1. The second-order valence-corrected chi connectivity index (χ2v) is 5.22. The monoisotopic (exact) mass is 239 g/mol. The molecule has 1 unspecified atom stereocenters. The first kappa shape index (κ1) is 12.5. The van der Waals surface area contributed by atoms with Crippen LogP contribution in [-0.2, 0) is 11.2 Å². The van der Waals surface area contributed by atoms with E-state index in [-0.39, 0.29) is 5.60 Å². The predicted octanol–water partition coefficient (Wildman–Crippen LogP) is 1.47. The van der Waals surface area contributed by atoms with E-state index in [9.17, 15) is 0 Å². The average Bonchev–Trinajstić information content (AvgIpc) is 2.80. The number of nitrogens with zero attached hydrogens (tertiary/aromatic N) is 2. The van der Waals surface area contributed by atoms with Crippen LogP contribution >= 0.6 is 0 Å². The first-order chi connectivity index (χ1) is 8.05. The highest BCUT2D eigenvalue weighted by Crippen LogP contribution is 2.28. The molecule has 96 valence electrons. The summed E-state index contributed by atoms with van der Waals surface area (Å²) in [4.78, 5) is 4.15. The minimum atomic E-state index is 0.0527. The molecule has 1 fully saturated rings. The van der Waals surface area contributed by atoms with Gasteiger partial charge in [-0.15, -0.1) is 0 Å². The van der Waals surface area contributed by atoms with Gasteiger partial charge in [0.15, 0.2) is 5.82 Å². The molecule has 5 nitrogen and oxygen atoms in total. The van der Waals surface area contributed by atoms with Crippen LogP contribution in [0.3, 0.4) is 0 Å². The largest absolute Gasteiger partial charge is 0.371 e. The third-order valence-corrected chi connectivity index (χ3v) is 3.02. The molecule has 0 bridgehead atoms. The molecule has 0 saturated carbocycles. The van der Waals surface area contributed by atoms with Crippen LogP contribution in [0.4, 0.5) is 0 Å². The first-order valence-electron chi connectivity index (χ1n) is 6.23. The molecule has 1 aliphatic rings. The molecule has 1 saturated heterocycles. The van der Waals surface area contributed by atoms with Crippen LogP contribution < -0.4 is 5.32 Å². The van der Waals surface area contributed by atoms with Crippen molar-refractivity contribution in [1.29, 1.82) is 0 Å². The zero-order valence-electron chi connectivity index (χ0n) is 10.8. The smallest absolute Gasteiger partial charge is 0.223 e. The molecule has 1 aromatic rings. The topological polar surface area (TPSA) is 60.2 Å². The molecule has 1 aliphatic heterocycles. The number of rotatable bonds is 5. The van der Waals surface area contributed by atoms with Gasteiger partial charge in [0.1, 0.15) is 0 Å². The highest BCUT2D eigenvalue weighted by atomic mass is 16.5. The third-order valence-electron chi connectivity index (χ3n) is 3.02. The van der Waals surface area contributed by atoms with Crippen LogP contribution in [0.25, 0.3) is 0 Å². The summed E-state index contributed by atoms with van der Waals surface area (Å²) in [6.45, 7) is 7.86. The van der Waals surface area contributed by atoms with Gasteiger partial charge in [0.2, 0.25) is 5.89 Å². The molecule has 5 heteroatoms. The highest BCUT2D eigenvalue weighted by molar-refractivity contribution is 4.85. The van der Waals surface area contributed by atoms with Crippen molar-refractivity contribution in [2.24, 2.45) is 0 Å². The number of aryl methyl sites for hydroxylation is 1. The Bertz CT molecular complexity index is 362. The molecule has 0 spiro atoms.